The van der Waals surface area contributed by atoms with Gasteiger partial charge in [-0.3, -0.25) is 4.68 Å². The molecule has 0 bridgehead atoms. The molecular weight excluding hydrogens is 219 g/mol. The molecule has 2 aromatic rings. The summed E-state index contributed by atoms with van der Waals surface area (Å²) in [7, 11) is 0.131. The number of rotatable bonds is 4. The van der Waals surface area contributed by atoms with E-state index in [2.05, 4.69) is 5.10 Å². The lowest BCUT2D eigenvalue weighted by Gasteiger charge is -2.07. The summed E-state index contributed by atoms with van der Waals surface area (Å²) >= 11 is 0. The Hall–Kier alpha value is -1.79. The van der Waals surface area contributed by atoms with Gasteiger partial charge in [-0.05, 0) is 6.07 Å². The predicted molar refractivity (Wildman–Crippen MR) is 64.1 cm³/mol. The van der Waals surface area contributed by atoms with Gasteiger partial charge in [-0.15, -0.1) is 0 Å². The zero-order valence-corrected chi connectivity index (χ0v) is 9.45. The SMILES string of the molecule is COc1ccccc1Cn1cc(B(O)O)cn1. The maximum Gasteiger partial charge on any atom is 0.491 e. The van der Waals surface area contributed by atoms with Crippen LogP contribution >= 0.6 is 0 Å². The van der Waals surface area contributed by atoms with E-state index in [1.165, 1.54) is 6.20 Å². The molecule has 0 aliphatic rings. The Labute approximate surface area is 99.4 Å². The smallest absolute Gasteiger partial charge is 0.491 e. The number of nitrogens with zero attached hydrogens (tertiary/aromatic N) is 2. The zero-order chi connectivity index (χ0) is 12.3. The fourth-order valence-electron chi connectivity index (χ4n) is 1.61. The molecule has 0 saturated carbocycles. The number of methoxy groups -OCH3 is 1. The topological polar surface area (TPSA) is 67.5 Å². The average molecular weight is 232 g/mol. The van der Waals surface area contributed by atoms with Gasteiger partial charge in [-0.25, -0.2) is 0 Å². The Morgan fingerprint density at radius 3 is 2.76 bits per heavy atom. The minimum atomic E-state index is -1.48. The Morgan fingerprint density at radius 2 is 2.12 bits per heavy atom. The minimum absolute atomic E-state index is 0.375. The van der Waals surface area contributed by atoms with Crippen molar-refractivity contribution in [1.29, 1.82) is 0 Å². The molecule has 17 heavy (non-hydrogen) atoms. The number of hydrogen-bond donors (Lipinski definition) is 2. The predicted octanol–water partition coefficient (Wildman–Crippen LogP) is -0.380. The molecule has 2 N–H and O–H groups in total. The summed E-state index contributed by atoms with van der Waals surface area (Å²) in [5.41, 5.74) is 1.36. The van der Waals surface area contributed by atoms with Crippen LogP contribution in [0.25, 0.3) is 0 Å². The molecule has 2 rings (SSSR count). The molecule has 1 heterocycles. The van der Waals surface area contributed by atoms with Crippen molar-refractivity contribution in [3.05, 3.63) is 42.2 Å². The summed E-state index contributed by atoms with van der Waals surface area (Å²) < 4.78 is 6.86. The Bertz CT molecular complexity index is 499. The minimum Gasteiger partial charge on any atom is -0.496 e. The molecule has 0 amide bonds. The number of para-hydroxylation sites is 1. The molecule has 0 spiro atoms. The second-order valence-corrected chi connectivity index (χ2v) is 3.66. The molecule has 0 aliphatic carbocycles. The molecule has 0 atom stereocenters. The summed E-state index contributed by atoms with van der Waals surface area (Å²) in [6.45, 7) is 0.525. The van der Waals surface area contributed by atoms with Crippen LogP contribution in [0.4, 0.5) is 0 Å². The monoisotopic (exact) mass is 232 g/mol. The number of hydrogen-bond acceptors (Lipinski definition) is 4. The van der Waals surface area contributed by atoms with Crippen LogP contribution in [-0.2, 0) is 6.54 Å². The fraction of sp³-hybridized carbons (Fsp3) is 0.182. The molecular formula is C11H13BN2O3. The highest BCUT2D eigenvalue weighted by molar-refractivity contribution is 6.58. The number of ether oxygens (including phenoxy) is 1. The van der Waals surface area contributed by atoms with Crippen LogP contribution < -0.4 is 10.2 Å². The average Bonchev–Trinajstić information content (AvgIpc) is 2.78. The van der Waals surface area contributed by atoms with Crippen molar-refractivity contribution in [3.63, 3.8) is 0 Å². The van der Waals surface area contributed by atoms with Crippen molar-refractivity contribution in [2.75, 3.05) is 7.11 Å². The van der Waals surface area contributed by atoms with E-state index in [1.54, 1.807) is 18.0 Å². The second kappa shape index (κ2) is 5.03. The molecule has 1 aromatic carbocycles. The molecule has 0 unspecified atom stereocenters. The molecule has 1 aromatic heterocycles. The lowest BCUT2D eigenvalue weighted by Crippen LogP contribution is -2.28. The highest BCUT2D eigenvalue weighted by atomic mass is 16.5. The van der Waals surface area contributed by atoms with Gasteiger partial charge in [0.05, 0.1) is 13.7 Å². The van der Waals surface area contributed by atoms with Crippen LogP contribution in [0.1, 0.15) is 5.56 Å². The van der Waals surface area contributed by atoms with E-state index in [4.69, 9.17) is 14.8 Å². The third-order valence-corrected chi connectivity index (χ3v) is 2.48. The van der Waals surface area contributed by atoms with Gasteiger partial charge >= 0.3 is 7.12 Å². The lowest BCUT2D eigenvalue weighted by molar-refractivity contribution is 0.407. The summed E-state index contributed by atoms with van der Waals surface area (Å²) in [4.78, 5) is 0. The molecule has 6 heteroatoms. The molecule has 88 valence electrons. The quantitative estimate of drug-likeness (QED) is 0.705. The van der Waals surface area contributed by atoms with Crippen molar-refractivity contribution in [2.45, 2.75) is 6.54 Å². The zero-order valence-electron chi connectivity index (χ0n) is 9.45. The molecule has 5 nitrogen and oxygen atoms in total. The Kier molecular flexibility index (Phi) is 3.46. The van der Waals surface area contributed by atoms with Gasteiger partial charge in [-0.2, -0.15) is 5.10 Å². The summed E-state index contributed by atoms with van der Waals surface area (Å²) in [5, 5.41) is 22.0. The van der Waals surface area contributed by atoms with Gasteiger partial charge in [0.2, 0.25) is 0 Å². The van der Waals surface area contributed by atoms with Crippen LogP contribution in [-0.4, -0.2) is 34.1 Å². The van der Waals surface area contributed by atoms with Crippen LogP contribution in [0.5, 0.6) is 5.75 Å². The van der Waals surface area contributed by atoms with Crippen LogP contribution in [0.2, 0.25) is 0 Å². The van der Waals surface area contributed by atoms with Gasteiger partial charge in [-0.1, -0.05) is 18.2 Å². The van der Waals surface area contributed by atoms with Crippen molar-refractivity contribution < 1.29 is 14.8 Å². The summed E-state index contributed by atoms with van der Waals surface area (Å²) in [6, 6.07) is 7.63. The van der Waals surface area contributed by atoms with E-state index >= 15 is 0 Å². The largest absolute Gasteiger partial charge is 0.496 e. The molecule has 0 radical (unpaired) electrons. The van der Waals surface area contributed by atoms with Gasteiger partial charge in [0, 0.05) is 23.4 Å². The van der Waals surface area contributed by atoms with Gasteiger partial charge < -0.3 is 14.8 Å². The molecule has 0 aliphatic heterocycles. The third kappa shape index (κ3) is 2.66. The maximum absolute atomic E-state index is 8.98. The molecule has 0 fully saturated rings. The van der Waals surface area contributed by atoms with Gasteiger partial charge in [0.1, 0.15) is 5.75 Å². The van der Waals surface area contributed by atoms with Crippen molar-refractivity contribution in [1.82, 2.24) is 9.78 Å². The third-order valence-electron chi connectivity index (χ3n) is 2.48. The normalized spacial score (nSPS) is 10.3. The van der Waals surface area contributed by atoms with Crippen molar-refractivity contribution in [3.8, 4) is 5.75 Å². The van der Waals surface area contributed by atoms with E-state index in [0.717, 1.165) is 11.3 Å². The van der Waals surface area contributed by atoms with Crippen LogP contribution in [0, 0.1) is 0 Å². The first-order chi connectivity index (χ1) is 8.20. The van der Waals surface area contributed by atoms with E-state index in [-0.39, 0.29) is 0 Å². The lowest BCUT2D eigenvalue weighted by atomic mass is 9.83. The van der Waals surface area contributed by atoms with E-state index in [1.807, 2.05) is 24.3 Å². The first kappa shape index (κ1) is 11.7. The first-order valence-electron chi connectivity index (χ1n) is 5.21. The summed E-state index contributed by atoms with van der Waals surface area (Å²) in [6.07, 6.45) is 3.02. The Morgan fingerprint density at radius 1 is 1.35 bits per heavy atom. The van der Waals surface area contributed by atoms with Crippen molar-refractivity contribution in [2.24, 2.45) is 0 Å². The highest BCUT2D eigenvalue weighted by Gasteiger charge is 2.13. The summed E-state index contributed by atoms with van der Waals surface area (Å²) in [5.74, 6) is 0.786. The molecule has 0 saturated heterocycles. The highest BCUT2D eigenvalue weighted by Crippen LogP contribution is 2.17. The van der Waals surface area contributed by atoms with Crippen LogP contribution in [0.3, 0.4) is 0 Å². The van der Waals surface area contributed by atoms with E-state index in [9.17, 15) is 0 Å². The maximum atomic E-state index is 8.98. The Balaban J connectivity index is 2.19. The second-order valence-electron chi connectivity index (χ2n) is 3.66. The van der Waals surface area contributed by atoms with Gasteiger partial charge in [0.25, 0.3) is 0 Å². The fourth-order valence-corrected chi connectivity index (χ4v) is 1.61. The van der Waals surface area contributed by atoms with Crippen molar-refractivity contribution >= 4 is 12.6 Å². The number of benzene rings is 1. The van der Waals surface area contributed by atoms with Crippen LogP contribution in [0.15, 0.2) is 36.7 Å². The first-order valence-corrected chi connectivity index (χ1v) is 5.21. The number of aromatic nitrogens is 2. The standard InChI is InChI=1S/C11H13BN2O3/c1-17-11-5-3-2-4-9(11)7-14-8-10(6-13-14)12(15)16/h2-6,8,15-16H,7H2,1H3. The van der Waals surface area contributed by atoms with E-state index < -0.39 is 7.12 Å². The van der Waals surface area contributed by atoms with Gasteiger partial charge in [0.15, 0.2) is 0 Å². The van der Waals surface area contributed by atoms with E-state index in [0.29, 0.717) is 12.0 Å².